The summed E-state index contributed by atoms with van der Waals surface area (Å²) in [6.45, 7) is 3.77. The Morgan fingerprint density at radius 1 is 1.57 bits per heavy atom. The van der Waals surface area contributed by atoms with Gasteiger partial charge >= 0.3 is 5.97 Å². The van der Waals surface area contributed by atoms with E-state index in [1.54, 1.807) is 17.2 Å². The molecule has 0 saturated carbocycles. The number of nitrogens with two attached hydrogens (primary N) is 1. The van der Waals surface area contributed by atoms with Crippen LogP contribution in [-0.4, -0.2) is 48.0 Å². The molecule has 1 aliphatic heterocycles. The van der Waals surface area contributed by atoms with Crippen molar-refractivity contribution in [1.29, 1.82) is 0 Å². The maximum Gasteiger partial charge on any atom is 0.310 e. The number of carbonyl (C=O) groups is 2. The lowest BCUT2D eigenvalue weighted by atomic mass is 9.98. The van der Waals surface area contributed by atoms with Crippen LogP contribution in [0.25, 0.3) is 0 Å². The zero-order chi connectivity index (χ0) is 15.2. The van der Waals surface area contributed by atoms with Crippen LogP contribution in [0.15, 0.2) is 5.38 Å². The molecule has 1 aliphatic rings. The monoisotopic (exact) mass is 311 g/mol. The highest BCUT2D eigenvalue weighted by Crippen LogP contribution is 2.20. The molecule has 1 saturated heterocycles. The van der Waals surface area contributed by atoms with E-state index in [4.69, 9.17) is 10.5 Å². The number of ether oxygens (including phenoxy) is 1. The van der Waals surface area contributed by atoms with Crippen LogP contribution >= 0.6 is 11.3 Å². The van der Waals surface area contributed by atoms with Crippen LogP contribution in [0.4, 0.5) is 0 Å². The van der Waals surface area contributed by atoms with Crippen LogP contribution in [0, 0.1) is 5.92 Å². The first kappa shape index (κ1) is 15.9. The second-order valence-electron chi connectivity index (χ2n) is 5.01. The van der Waals surface area contributed by atoms with Gasteiger partial charge in [0.2, 0.25) is 0 Å². The minimum Gasteiger partial charge on any atom is -0.466 e. The average Bonchev–Trinajstić information content (AvgIpc) is 2.96. The van der Waals surface area contributed by atoms with Crippen molar-refractivity contribution in [2.75, 3.05) is 26.2 Å². The normalized spacial score (nSPS) is 18.6. The molecule has 1 amide bonds. The van der Waals surface area contributed by atoms with Gasteiger partial charge in [0, 0.05) is 24.9 Å². The van der Waals surface area contributed by atoms with Crippen molar-refractivity contribution in [1.82, 2.24) is 9.88 Å². The number of likely N-dealkylation sites (tertiary alicyclic amines) is 1. The Kier molecular flexibility index (Phi) is 5.69. The van der Waals surface area contributed by atoms with Gasteiger partial charge in [-0.25, -0.2) is 4.98 Å². The number of piperidine rings is 1. The first-order valence-corrected chi connectivity index (χ1v) is 8.14. The number of aromatic nitrogens is 1. The molecule has 0 radical (unpaired) electrons. The molecule has 0 spiro atoms. The Balaban J connectivity index is 1.99. The third-order valence-corrected chi connectivity index (χ3v) is 4.37. The molecule has 1 aromatic rings. The van der Waals surface area contributed by atoms with Crippen molar-refractivity contribution in [2.24, 2.45) is 11.7 Å². The van der Waals surface area contributed by atoms with Crippen LogP contribution in [0.2, 0.25) is 0 Å². The quantitative estimate of drug-likeness (QED) is 0.822. The molecule has 116 valence electrons. The van der Waals surface area contributed by atoms with E-state index >= 15 is 0 Å². The zero-order valence-corrected chi connectivity index (χ0v) is 13.0. The summed E-state index contributed by atoms with van der Waals surface area (Å²) in [7, 11) is 0. The Morgan fingerprint density at radius 2 is 2.38 bits per heavy atom. The van der Waals surface area contributed by atoms with Gasteiger partial charge in [0.1, 0.15) is 5.69 Å². The Bertz CT molecular complexity index is 503. The second kappa shape index (κ2) is 7.51. The molecule has 0 bridgehead atoms. The molecule has 2 heterocycles. The minimum absolute atomic E-state index is 0.108. The Hall–Kier alpha value is -1.47. The molecule has 2 rings (SSSR count). The zero-order valence-electron chi connectivity index (χ0n) is 12.2. The van der Waals surface area contributed by atoms with Gasteiger partial charge in [-0.1, -0.05) is 0 Å². The summed E-state index contributed by atoms with van der Waals surface area (Å²) in [5.74, 6) is -0.537. The van der Waals surface area contributed by atoms with E-state index in [2.05, 4.69) is 4.98 Å². The third kappa shape index (κ3) is 4.01. The van der Waals surface area contributed by atoms with E-state index in [0.29, 0.717) is 38.4 Å². The van der Waals surface area contributed by atoms with Crippen molar-refractivity contribution in [3.63, 3.8) is 0 Å². The SMILES string of the molecule is CCOC(=O)C1CCCN(C(=O)c2csc(CCN)n2)C1. The largest absolute Gasteiger partial charge is 0.466 e. The number of nitrogens with zero attached hydrogens (tertiary/aromatic N) is 2. The maximum atomic E-state index is 12.4. The van der Waals surface area contributed by atoms with E-state index in [1.165, 1.54) is 11.3 Å². The predicted molar refractivity (Wildman–Crippen MR) is 80.1 cm³/mol. The highest BCUT2D eigenvalue weighted by atomic mass is 32.1. The first-order valence-electron chi connectivity index (χ1n) is 7.26. The smallest absolute Gasteiger partial charge is 0.310 e. The van der Waals surface area contributed by atoms with Crippen molar-refractivity contribution >= 4 is 23.2 Å². The number of amides is 1. The van der Waals surface area contributed by atoms with Crippen LogP contribution in [0.5, 0.6) is 0 Å². The second-order valence-corrected chi connectivity index (χ2v) is 5.95. The molecule has 0 aliphatic carbocycles. The minimum atomic E-state index is -0.218. The van der Waals surface area contributed by atoms with Crippen LogP contribution in [0.3, 0.4) is 0 Å². The topological polar surface area (TPSA) is 85.5 Å². The molecule has 0 aromatic carbocycles. The molecule has 7 heteroatoms. The van der Waals surface area contributed by atoms with E-state index in [1.807, 2.05) is 0 Å². The molecule has 1 fully saturated rings. The molecule has 1 unspecified atom stereocenters. The number of thiazole rings is 1. The van der Waals surface area contributed by atoms with Gasteiger partial charge in [-0.15, -0.1) is 11.3 Å². The van der Waals surface area contributed by atoms with Gasteiger partial charge in [-0.05, 0) is 26.3 Å². The lowest BCUT2D eigenvalue weighted by Crippen LogP contribution is -2.43. The van der Waals surface area contributed by atoms with E-state index in [0.717, 1.165) is 17.8 Å². The summed E-state index contributed by atoms with van der Waals surface area (Å²) in [5, 5.41) is 2.64. The fourth-order valence-electron chi connectivity index (χ4n) is 2.42. The summed E-state index contributed by atoms with van der Waals surface area (Å²) in [6, 6.07) is 0. The van der Waals surface area contributed by atoms with Gasteiger partial charge in [0.05, 0.1) is 17.5 Å². The summed E-state index contributed by atoms with van der Waals surface area (Å²) in [5.41, 5.74) is 5.94. The first-order chi connectivity index (χ1) is 10.2. The molecular formula is C14H21N3O3S. The predicted octanol–water partition coefficient (Wildman–Crippen LogP) is 1.06. The van der Waals surface area contributed by atoms with Gasteiger partial charge < -0.3 is 15.4 Å². The van der Waals surface area contributed by atoms with Gasteiger partial charge in [0.15, 0.2) is 0 Å². The van der Waals surface area contributed by atoms with Crippen LogP contribution in [0.1, 0.15) is 35.3 Å². The number of esters is 1. The number of hydrogen-bond donors (Lipinski definition) is 1. The lowest BCUT2D eigenvalue weighted by molar-refractivity contribution is -0.149. The van der Waals surface area contributed by atoms with E-state index in [-0.39, 0.29) is 17.8 Å². The molecule has 1 atom stereocenters. The molecule has 1 aromatic heterocycles. The molecular weight excluding hydrogens is 290 g/mol. The number of hydrogen-bond acceptors (Lipinski definition) is 6. The maximum absolute atomic E-state index is 12.4. The van der Waals surface area contributed by atoms with E-state index < -0.39 is 0 Å². The van der Waals surface area contributed by atoms with Crippen molar-refractivity contribution in [3.8, 4) is 0 Å². The number of carbonyl (C=O) groups excluding carboxylic acids is 2. The summed E-state index contributed by atoms with van der Waals surface area (Å²) >= 11 is 1.45. The van der Waals surface area contributed by atoms with Gasteiger partial charge in [0.25, 0.3) is 5.91 Å². The molecule has 6 nitrogen and oxygen atoms in total. The van der Waals surface area contributed by atoms with Crippen LogP contribution < -0.4 is 5.73 Å². The standard InChI is InChI=1S/C14H21N3O3S/c1-2-20-14(19)10-4-3-7-17(8-10)13(18)11-9-21-12(16-11)5-6-15/h9-10H,2-8,15H2,1H3. The Labute approximate surface area is 128 Å². The highest BCUT2D eigenvalue weighted by molar-refractivity contribution is 7.09. The third-order valence-electron chi connectivity index (χ3n) is 3.46. The van der Waals surface area contributed by atoms with Crippen molar-refractivity contribution in [2.45, 2.75) is 26.2 Å². The van der Waals surface area contributed by atoms with Gasteiger partial charge in [-0.3, -0.25) is 9.59 Å². The molecule has 21 heavy (non-hydrogen) atoms. The highest BCUT2D eigenvalue weighted by Gasteiger charge is 2.30. The fraction of sp³-hybridized carbons (Fsp3) is 0.643. The van der Waals surface area contributed by atoms with Crippen LogP contribution in [-0.2, 0) is 16.0 Å². The number of rotatable bonds is 5. The fourth-order valence-corrected chi connectivity index (χ4v) is 3.21. The molecule has 2 N–H and O–H groups in total. The average molecular weight is 311 g/mol. The summed E-state index contributed by atoms with van der Waals surface area (Å²) in [4.78, 5) is 30.2. The van der Waals surface area contributed by atoms with Gasteiger partial charge in [-0.2, -0.15) is 0 Å². The summed E-state index contributed by atoms with van der Waals surface area (Å²) in [6.07, 6.45) is 2.27. The van der Waals surface area contributed by atoms with E-state index in [9.17, 15) is 9.59 Å². The van der Waals surface area contributed by atoms with Crippen molar-refractivity contribution in [3.05, 3.63) is 16.1 Å². The summed E-state index contributed by atoms with van der Waals surface area (Å²) < 4.78 is 5.05. The Morgan fingerprint density at radius 3 is 3.10 bits per heavy atom. The lowest BCUT2D eigenvalue weighted by Gasteiger charge is -2.31. The van der Waals surface area contributed by atoms with Crippen molar-refractivity contribution < 1.29 is 14.3 Å².